The van der Waals surface area contributed by atoms with Crippen LogP contribution in [0.4, 0.5) is 0 Å². The molecule has 0 bridgehead atoms. The zero-order chi connectivity index (χ0) is 14.4. The van der Waals surface area contributed by atoms with E-state index >= 15 is 0 Å². The maximum atomic E-state index is 6.07. The smallest absolute Gasteiger partial charge is 0.122 e. The number of hydrogen-bond donors (Lipinski definition) is 0. The van der Waals surface area contributed by atoms with E-state index in [4.69, 9.17) is 4.42 Å². The molecule has 2 saturated carbocycles. The average Bonchev–Trinajstić information content (AvgIpc) is 3.35. The number of nitrogens with zero attached hydrogens (tertiary/aromatic N) is 3. The summed E-state index contributed by atoms with van der Waals surface area (Å²) in [7, 11) is 2.06. The van der Waals surface area contributed by atoms with Crippen molar-refractivity contribution in [2.75, 3.05) is 0 Å². The molecule has 0 aromatic carbocycles. The first kappa shape index (κ1) is 13.1. The van der Waals surface area contributed by atoms with Gasteiger partial charge in [-0.15, -0.1) is 0 Å². The second-order valence-electron chi connectivity index (χ2n) is 6.71. The molecule has 0 amide bonds. The fourth-order valence-electron chi connectivity index (χ4n) is 3.08. The van der Waals surface area contributed by atoms with Crippen molar-refractivity contribution in [3.63, 3.8) is 0 Å². The number of hydrogen-bond acceptors (Lipinski definition) is 3. The Bertz CT molecular complexity index is 626. The van der Waals surface area contributed by atoms with Gasteiger partial charge in [0.25, 0.3) is 0 Å². The first-order valence-corrected chi connectivity index (χ1v) is 7.99. The van der Waals surface area contributed by atoms with Crippen molar-refractivity contribution in [1.82, 2.24) is 14.5 Å². The predicted octanol–water partition coefficient (Wildman–Crippen LogP) is 3.30. The van der Waals surface area contributed by atoms with Gasteiger partial charge in [0.1, 0.15) is 17.3 Å². The van der Waals surface area contributed by atoms with E-state index in [2.05, 4.69) is 40.6 Å². The largest absolute Gasteiger partial charge is 0.464 e. The van der Waals surface area contributed by atoms with E-state index < -0.39 is 0 Å². The predicted molar refractivity (Wildman–Crippen MR) is 80.7 cm³/mol. The van der Waals surface area contributed by atoms with Crippen LogP contribution in [0.5, 0.6) is 0 Å². The lowest BCUT2D eigenvalue weighted by atomic mass is 10.3. The number of rotatable bonds is 6. The van der Waals surface area contributed by atoms with E-state index in [0.29, 0.717) is 12.0 Å². The Morgan fingerprint density at radius 3 is 2.76 bits per heavy atom. The van der Waals surface area contributed by atoms with Crippen LogP contribution in [0.15, 0.2) is 28.9 Å². The molecule has 2 aliphatic rings. The van der Waals surface area contributed by atoms with Gasteiger partial charge in [0.05, 0.1) is 13.1 Å². The van der Waals surface area contributed by atoms with Crippen LogP contribution < -0.4 is 0 Å². The molecule has 112 valence electrons. The molecule has 2 unspecified atom stereocenters. The van der Waals surface area contributed by atoms with Gasteiger partial charge in [0.15, 0.2) is 0 Å². The fraction of sp³-hybridized carbons (Fsp3) is 0.588. The summed E-state index contributed by atoms with van der Waals surface area (Å²) in [6.45, 7) is 4.10. The number of imidazole rings is 1. The third-order valence-electron chi connectivity index (χ3n) is 4.85. The van der Waals surface area contributed by atoms with Gasteiger partial charge in [-0.1, -0.05) is 6.92 Å². The zero-order valence-electron chi connectivity index (χ0n) is 12.8. The molecule has 4 nitrogen and oxygen atoms in total. The first-order valence-electron chi connectivity index (χ1n) is 7.99. The van der Waals surface area contributed by atoms with Gasteiger partial charge < -0.3 is 8.98 Å². The van der Waals surface area contributed by atoms with Crippen molar-refractivity contribution < 1.29 is 4.42 Å². The van der Waals surface area contributed by atoms with Crippen LogP contribution in [0.3, 0.4) is 0 Å². The Labute approximate surface area is 125 Å². The fourth-order valence-corrected chi connectivity index (χ4v) is 3.08. The van der Waals surface area contributed by atoms with Crippen molar-refractivity contribution in [2.24, 2.45) is 13.0 Å². The molecule has 4 heteroatoms. The molecule has 2 aromatic rings. The van der Waals surface area contributed by atoms with E-state index in [9.17, 15) is 0 Å². The molecule has 0 spiro atoms. The molecule has 0 saturated heterocycles. The minimum Gasteiger partial charge on any atom is -0.464 e. The summed E-state index contributed by atoms with van der Waals surface area (Å²) in [6, 6.07) is 5.04. The second kappa shape index (κ2) is 5.02. The van der Waals surface area contributed by atoms with E-state index in [1.165, 1.54) is 25.0 Å². The Kier molecular flexibility index (Phi) is 3.14. The quantitative estimate of drug-likeness (QED) is 0.816. The lowest BCUT2D eigenvalue weighted by Crippen LogP contribution is -2.26. The highest BCUT2D eigenvalue weighted by Crippen LogP contribution is 2.47. The maximum absolute atomic E-state index is 6.07. The molecule has 2 aliphatic carbocycles. The van der Waals surface area contributed by atoms with Gasteiger partial charge in [0, 0.05) is 31.4 Å². The summed E-state index contributed by atoms with van der Waals surface area (Å²) in [6.07, 6.45) is 7.78. The Balaban J connectivity index is 1.45. The molecule has 2 fully saturated rings. The van der Waals surface area contributed by atoms with Gasteiger partial charge in [-0.25, -0.2) is 4.98 Å². The minimum atomic E-state index is 0.669. The lowest BCUT2D eigenvalue weighted by Gasteiger charge is -2.20. The SMILES string of the molecule is CC1CC1c1ccc(CN(Cc2nccn2C)C2CC2)o1. The van der Waals surface area contributed by atoms with Gasteiger partial charge in [-0.3, -0.25) is 4.90 Å². The highest BCUT2D eigenvalue weighted by Gasteiger charge is 2.37. The van der Waals surface area contributed by atoms with Crippen LogP contribution in [0.25, 0.3) is 0 Å². The molecular weight excluding hydrogens is 262 g/mol. The molecule has 2 heterocycles. The summed E-state index contributed by atoms with van der Waals surface area (Å²) in [4.78, 5) is 6.95. The second-order valence-corrected chi connectivity index (χ2v) is 6.71. The Hall–Kier alpha value is -1.55. The summed E-state index contributed by atoms with van der Waals surface area (Å²) in [5, 5.41) is 0. The van der Waals surface area contributed by atoms with E-state index in [1.54, 1.807) is 0 Å². The maximum Gasteiger partial charge on any atom is 0.122 e. The van der Waals surface area contributed by atoms with Gasteiger partial charge in [-0.2, -0.15) is 0 Å². The molecular formula is C17H23N3O. The van der Waals surface area contributed by atoms with Crippen molar-refractivity contribution in [3.05, 3.63) is 41.9 Å². The summed E-state index contributed by atoms with van der Waals surface area (Å²) in [5.41, 5.74) is 0. The Morgan fingerprint density at radius 2 is 2.14 bits per heavy atom. The molecule has 0 radical (unpaired) electrons. The number of furan rings is 1. The van der Waals surface area contributed by atoms with Gasteiger partial charge in [-0.05, 0) is 37.3 Å². The molecule has 21 heavy (non-hydrogen) atoms. The third kappa shape index (κ3) is 2.77. The van der Waals surface area contributed by atoms with E-state index in [-0.39, 0.29) is 0 Å². The first-order chi connectivity index (χ1) is 10.2. The summed E-state index contributed by atoms with van der Waals surface area (Å²) in [5.74, 6) is 4.89. The monoisotopic (exact) mass is 285 g/mol. The van der Waals surface area contributed by atoms with E-state index in [0.717, 1.165) is 30.6 Å². The van der Waals surface area contributed by atoms with Crippen LogP contribution in [-0.2, 0) is 20.1 Å². The van der Waals surface area contributed by atoms with Crippen LogP contribution >= 0.6 is 0 Å². The number of aromatic nitrogens is 2. The summed E-state index contributed by atoms with van der Waals surface area (Å²) < 4.78 is 8.17. The van der Waals surface area contributed by atoms with Crippen molar-refractivity contribution in [3.8, 4) is 0 Å². The topological polar surface area (TPSA) is 34.2 Å². The van der Waals surface area contributed by atoms with Crippen LogP contribution in [0.1, 0.15) is 49.4 Å². The molecule has 4 rings (SSSR count). The highest BCUT2D eigenvalue weighted by atomic mass is 16.3. The lowest BCUT2D eigenvalue weighted by molar-refractivity contribution is 0.216. The van der Waals surface area contributed by atoms with Crippen LogP contribution in [0, 0.1) is 5.92 Å². The Morgan fingerprint density at radius 1 is 1.33 bits per heavy atom. The number of aryl methyl sites for hydroxylation is 1. The van der Waals surface area contributed by atoms with Gasteiger partial charge in [0.2, 0.25) is 0 Å². The average molecular weight is 285 g/mol. The summed E-state index contributed by atoms with van der Waals surface area (Å²) >= 11 is 0. The molecule has 0 aliphatic heterocycles. The molecule has 2 aromatic heterocycles. The highest BCUT2D eigenvalue weighted by molar-refractivity contribution is 5.17. The normalized spacial score (nSPS) is 24.7. The third-order valence-corrected chi connectivity index (χ3v) is 4.85. The zero-order valence-corrected chi connectivity index (χ0v) is 12.8. The van der Waals surface area contributed by atoms with Crippen LogP contribution in [-0.4, -0.2) is 20.5 Å². The van der Waals surface area contributed by atoms with Crippen LogP contribution in [0.2, 0.25) is 0 Å². The van der Waals surface area contributed by atoms with Crippen molar-refractivity contribution >= 4 is 0 Å². The molecule has 2 atom stereocenters. The van der Waals surface area contributed by atoms with Crippen molar-refractivity contribution in [1.29, 1.82) is 0 Å². The van der Waals surface area contributed by atoms with Gasteiger partial charge >= 0.3 is 0 Å². The minimum absolute atomic E-state index is 0.669. The standard InChI is InChI=1S/C17H23N3O/c1-12-9-15(12)16-6-5-14(21-16)10-20(13-3-4-13)11-17-18-7-8-19(17)2/h5-8,12-13,15H,3-4,9-11H2,1-2H3. The van der Waals surface area contributed by atoms with Crippen molar-refractivity contribution in [2.45, 2.75) is 51.2 Å². The van der Waals surface area contributed by atoms with E-state index in [1.807, 2.05) is 12.4 Å². The molecule has 0 N–H and O–H groups in total.